The molecule has 1 aliphatic rings. The van der Waals surface area contributed by atoms with Crippen molar-refractivity contribution in [2.75, 3.05) is 25.7 Å². The van der Waals surface area contributed by atoms with Crippen LogP contribution in [-0.4, -0.2) is 31.7 Å². The van der Waals surface area contributed by atoms with E-state index in [-0.39, 0.29) is 18.4 Å². The van der Waals surface area contributed by atoms with Gasteiger partial charge in [0, 0.05) is 41.4 Å². The molecular weight excluding hydrogens is 438 g/mol. The molecule has 1 aliphatic heterocycles. The number of methoxy groups -OCH3 is 2. The molecule has 3 aromatic carbocycles. The first-order chi connectivity index (χ1) is 17.0. The van der Waals surface area contributed by atoms with E-state index in [1.54, 1.807) is 21.1 Å². The smallest absolute Gasteiger partial charge is 0.132 e. The summed E-state index contributed by atoms with van der Waals surface area (Å²) in [5, 5.41) is 8.99. The summed E-state index contributed by atoms with van der Waals surface area (Å²) in [4.78, 5) is 14.6. The van der Waals surface area contributed by atoms with Gasteiger partial charge in [-0.05, 0) is 60.5 Å². The van der Waals surface area contributed by atoms with E-state index >= 15 is 0 Å². The number of fused-ring (bicyclic) bond motifs is 1. The summed E-state index contributed by atoms with van der Waals surface area (Å²) >= 11 is 0. The number of ketones is 1. The summed E-state index contributed by atoms with van der Waals surface area (Å²) in [6.45, 7) is 1.68. The van der Waals surface area contributed by atoms with Crippen molar-refractivity contribution in [1.29, 1.82) is 0 Å². The molecule has 1 unspecified atom stereocenters. The number of carbonyl (C=O) groups excluding carboxylic acids is 1. The molecule has 0 saturated heterocycles. The Labute approximate surface area is 206 Å². The molecule has 35 heavy (non-hydrogen) atoms. The number of hydrogen-bond acceptors (Lipinski definition) is 5. The molecular formula is C30H29NO4. The first-order valence-electron chi connectivity index (χ1n) is 11.6. The minimum atomic E-state index is -0.174. The molecule has 0 spiro atoms. The number of hydrogen-bond donors (Lipinski definition) is 1. The topological polar surface area (TPSA) is 59.0 Å². The van der Waals surface area contributed by atoms with Gasteiger partial charge in [0.15, 0.2) is 0 Å². The first kappa shape index (κ1) is 24.1. The normalized spacial score (nSPS) is 14.3. The van der Waals surface area contributed by atoms with Crippen molar-refractivity contribution >= 4 is 23.2 Å². The summed E-state index contributed by atoms with van der Waals surface area (Å²) in [5.41, 5.74) is 5.89. The van der Waals surface area contributed by atoms with Gasteiger partial charge >= 0.3 is 0 Å². The van der Waals surface area contributed by atoms with E-state index in [1.807, 2.05) is 54.6 Å². The summed E-state index contributed by atoms with van der Waals surface area (Å²) in [5.74, 6) is 7.54. The second-order valence-electron chi connectivity index (χ2n) is 8.37. The third kappa shape index (κ3) is 5.40. The van der Waals surface area contributed by atoms with E-state index in [1.165, 1.54) is 0 Å². The van der Waals surface area contributed by atoms with Crippen LogP contribution in [0.5, 0.6) is 11.5 Å². The fourth-order valence-electron chi connectivity index (χ4n) is 4.37. The van der Waals surface area contributed by atoms with Crippen LogP contribution >= 0.6 is 0 Å². The summed E-state index contributed by atoms with van der Waals surface area (Å²) in [7, 11) is 3.27. The van der Waals surface area contributed by atoms with Crippen molar-refractivity contribution in [2.24, 2.45) is 0 Å². The van der Waals surface area contributed by atoms with Crippen LogP contribution in [0.25, 0.3) is 11.8 Å². The standard InChI is InChI=1S/C30H29NO4/c1-21(33)16-30-28-10-5-4-9-23(28)19-29(24-17-26(34-2)20-27(18-24)35-3)31(30)25-13-11-22(12-14-25)8-6-7-15-32/h4-5,9-14,17-20,30,32H,7,15-16H2,1-3H3. The van der Waals surface area contributed by atoms with Crippen LogP contribution in [0.2, 0.25) is 0 Å². The first-order valence-corrected chi connectivity index (χ1v) is 11.6. The Kier molecular flexibility index (Phi) is 7.54. The lowest BCUT2D eigenvalue weighted by molar-refractivity contribution is -0.117. The van der Waals surface area contributed by atoms with E-state index in [0.717, 1.165) is 33.6 Å². The number of nitrogens with zero attached hydrogens (tertiary/aromatic N) is 1. The van der Waals surface area contributed by atoms with Crippen molar-refractivity contribution < 1.29 is 19.4 Å². The highest BCUT2D eigenvalue weighted by molar-refractivity contribution is 5.95. The summed E-state index contributed by atoms with van der Waals surface area (Å²) in [6, 6.07) is 21.8. The number of anilines is 1. The minimum absolute atomic E-state index is 0.0448. The second kappa shape index (κ2) is 10.9. The predicted molar refractivity (Wildman–Crippen MR) is 139 cm³/mol. The van der Waals surface area contributed by atoms with E-state index in [4.69, 9.17) is 14.6 Å². The molecule has 1 N–H and O–H groups in total. The van der Waals surface area contributed by atoms with E-state index < -0.39 is 0 Å². The molecule has 0 saturated carbocycles. The van der Waals surface area contributed by atoms with Crippen molar-refractivity contribution in [2.45, 2.75) is 25.8 Å². The summed E-state index contributed by atoms with van der Waals surface area (Å²) < 4.78 is 11.1. The van der Waals surface area contributed by atoms with Gasteiger partial charge in [-0.15, -0.1) is 0 Å². The molecule has 0 aliphatic carbocycles. The Balaban J connectivity index is 1.89. The predicted octanol–water partition coefficient (Wildman–Crippen LogP) is 5.48. The maximum absolute atomic E-state index is 12.4. The van der Waals surface area contributed by atoms with Crippen molar-refractivity contribution in [3.63, 3.8) is 0 Å². The van der Waals surface area contributed by atoms with Gasteiger partial charge in [0.25, 0.3) is 0 Å². The van der Waals surface area contributed by atoms with Crippen LogP contribution in [0, 0.1) is 11.8 Å². The Morgan fingerprint density at radius 2 is 1.69 bits per heavy atom. The molecule has 178 valence electrons. The molecule has 0 radical (unpaired) electrons. The van der Waals surface area contributed by atoms with Crippen LogP contribution in [0.15, 0.2) is 66.7 Å². The van der Waals surface area contributed by atoms with Gasteiger partial charge in [-0.25, -0.2) is 0 Å². The fourth-order valence-corrected chi connectivity index (χ4v) is 4.37. The maximum atomic E-state index is 12.4. The van der Waals surface area contributed by atoms with Gasteiger partial charge in [-0.1, -0.05) is 36.1 Å². The van der Waals surface area contributed by atoms with Crippen molar-refractivity contribution in [1.82, 2.24) is 0 Å². The number of benzene rings is 3. The second-order valence-corrected chi connectivity index (χ2v) is 8.37. The minimum Gasteiger partial charge on any atom is -0.497 e. The summed E-state index contributed by atoms with van der Waals surface area (Å²) in [6.07, 6.45) is 2.96. The molecule has 3 aromatic rings. The van der Waals surface area contributed by atoms with E-state index in [2.05, 4.69) is 34.9 Å². The lowest BCUT2D eigenvalue weighted by Gasteiger charge is -2.39. The SMILES string of the molecule is COc1cc(OC)cc(C2=Cc3ccccc3C(CC(C)=O)N2c2ccc(C#CCCO)cc2)c1. The molecule has 1 atom stereocenters. The molecule has 1 heterocycles. The average molecular weight is 468 g/mol. The highest BCUT2D eigenvalue weighted by Crippen LogP contribution is 2.44. The maximum Gasteiger partial charge on any atom is 0.132 e. The van der Waals surface area contributed by atoms with E-state index in [0.29, 0.717) is 24.3 Å². The zero-order chi connectivity index (χ0) is 24.8. The van der Waals surface area contributed by atoms with Gasteiger partial charge < -0.3 is 19.5 Å². The van der Waals surface area contributed by atoms with Gasteiger partial charge in [0.2, 0.25) is 0 Å². The van der Waals surface area contributed by atoms with Crippen LogP contribution in [0.4, 0.5) is 5.69 Å². The highest BCUT2D eigenvalue weighted by atomic mass is 16.5. The van der Waals surface area contributed by atoms with Gasteiger partial charge in [-0.3, -0.25) is 4.79 Å². The Morgan fingerprint density at radius 3 is 2.31 bits per heavy atom. The number of aliphatic hydroxyl groups is 1. The van der Waals surface area contributed by atoms with Crippen molar-refractivity contribution in [3.8, 4) is 23.3 Å². The van der Waals surface area contributed by atoms with Crippen LogP contribution in [0.3, 0.4) is 0 Å². The molecule has 4 rings (SSSR count). The van der Waals surface area contributed by atoms with Crippen LogP contribution < -0.4 is 14.4 Å². The lowest BCUT2D eigenvalue weighted by Crippen LogP contribution is -2.31. The molecule has 0 amide bonds. The number of aliphatic hydroxyl groups excluding tert-OH is 1. The number of rotatable bonds is 7. The molecule has 5 heteroatoms. The Bertz CT molecular complexity index is 1280. The zero-order valence-electron chi connectivity index (χ0n) is 20.2. The molecule has 0 bridgehead atoms. The Hall–Kier alpha value is -4.01. The van der Waals surface area contributed by atoms with Crippen molar-refractivity contribution in [3.05, 3.63) is 89.0 Å². The fraction of sp³-hybridized carbons (Fsp3) is 0.233. The monoisotopic (exact) mass is 467 g/mol. The van der Waals surface area contributed by atoms with Crippen LogP contribution in [0.1, 0.15) is 48.1 Å². The molecule has 0 aromatic heterocycles. The third-order valence-corrected chi connectivity index (χ3v) is 5.96. The largest absolute Gasteiger partial charge is 0.497 e. The van der Waals surface area contributed by atoms with Gasteiger partial charge in [0.1, 0.15) is 17.3 Å². The molecule has 5 nitrogen and oxygen atoms in total. The molecule has 0 fully saturated rings. The average Bonchev–Trinajstić information content (AvgIpc) is 2.88. The number of ether oxygens (including phenoxy) is 2. The Morgan fingerprint density at radius 1 is 1.00 bits per heavy atom. The van der Waals surface area contributed by atoms with Gasteiger partial charge in [0.05, 0.1) is 26.9 Å². The quantitative estimate of drug-likeness (QED) is 0.467. The van der Waals surface area contributed by atoms with Crippen LogP contribution in [-0.2, 0) is 4.79 Å². The zero-order valence-corrected chi connectivity index (χ0v) is 20.2. The number of Topliss-reactive ketones (excluding diaryl/α,β-unsaturated/α-hetero) is 1. The van der Waals surface area contributed by atoms with Gasteiger partial charge in [-0.2, -0.15) is 0 Å². The lowest BCUT2D eigenvalue weighted by atomic mass is 9.88. The highest BCUT2D eigenvalue weighted by Gasteiger charge is 2.31. The number of carbonyl (C=O) groups is 1. The van der Waals surface area contributed by atoms with E-state index in [9.17, 15) is 4.79 Å². The third-order valence-electron chi connectivity index (χ3n) is 5.96.